The molecule has 0 bridgehead atoms. The number of aryl methyl sites for hydroxylation is 1. The molecule has 4 heteroatoms. The highest BCUT2D eigenvalue weighted by molar-refractivity contribution is 5.19. The molecule has 2 rings (SSSR count). The molecule has 1 unspecified atom stereocenters. The Morgan fingerprint density at radius 3 is 2.58 bits per heavy atom. The number of nitrogens with one attached hydrogen (secondary N) is 1. The predicted molar refractivity (Wildman–Crippen MR) is 77.8 cm³/mol. The molecule has 0 fully saturated rings. The average Bonchev–Trinajstić information content (AvgIpc) is 2.81. The summed E-state index contributed by atoms with van der Waals surface area (Å²) in [4.78, 5) is 2.24. The van der Waals surface area contributed by atoms with Crippen LogP contribution in [0.2, 0.25) is 0 Å². The third kappa shape index (κ3) is 3.91. The third-order valence-electron chi connectivity index (χ3n) is 3.23. The Balaban J connectivity index is 1.91. The maximum Gasteiger partial charge on any atom is 0.0534 e. The number of nitrogens with zero attached hydrogens (tertiary/aromatic N) is 3. The van der Waals surface area contributed by atoms with Crippen LogP contribution in [0, 0.1) is 0 Å². The van der Waals surface area contributed by atoms with Gasteiger partial charge in [-0.2, -0.15) is 5.10 Å². The predicted octanol–water partition coefficient (Wildman–Crippen LogP) is 1.81. The molecule has 0 saturated heterocycles. The van der Waals surface area contributed by atoms with Crippen molar-refractivity contribution in [3.8, 4) is 0 Å². The molecule has 0 spiro atoms. The molecule has 0 amide bonds. The van der Waals surface area contributed by atoms with Crippen LogP contribution in [0.5, 0.6) is 0 Å². The van der Waals surface area contributed by atoms with Gasteiger partial charge in [-0.1, -0.05) is 30.3 Å². The molecule has 1 atom stereocenters. The first-order valence-corrected chi connectivity index (χ1v) is 6.56. The van der Waals surface area contributed by atoms with E-state index >= 15 is 0 Å². The molecule has 4 nitrogen and oxygen atoms in total. The van der Waals surface area contributed by atoms with Gasteiger partial charge < -0.3 is 10.2 Å². The van der Waals surface area contributed by atoms with E-state index in [-0.39, 0.29) is 0 Å². The molecule has 0 radical (unpaired) electrons. The lowest BCUT2D eigenvalue weighted by Crippen LogP contribution is -2.30. The van der Waals surface area contributed by atoms with Crippen LogP contribution in [0.1, 0.15) is 17.2 Å². The standard InChI is InChI=1S/C15H22N4/c1-18(2)15(14-7-5-4-6-8-14)11-16-9-13-10-17-19(3)12-13/h4-8,10,12,15-16H,9,11H2,1-3H3. The fraction of sp³-hybridized carbons (Fsp3) is 0.400. The van der Waals surface area contributed by atoms with E-state index in [1.54, 1.807) is 0 Å². The van der Waals surface area contributed by atoms with E-state index in [0.29, 0.717) is 6.04 Å². The minimum Gasteiger partial charge on any atom is -0.311 e. The number of benzene rings is 1. The Labute approximate surface area is 115 Å². The van der Waals surface area contributed by atoms with Crippen molar-refractivity contribution in [3.05, 3.63) is 53.9 Å². The molecule has 1 heterocycles. The lowest BCUT2D eigenvalue weighted by Gasteiger charge is -2.25. The third-order valence-corrected chi connectivity index (χ3v) is 3.23. The molecular formula is C15H22N4. The molecule has 0 saturated carbocycles. The van der Waals surface area contributed by atoms with Gasteiger partial charge in [-0.25, -0.2) is 0 Å². The number of likely N-dealkylation sites (N-methyl/N-ethyl adjacent to an activating group) is 1. The lowest BCUT2D eigenvalue weighted by molar-refractivity contribution is 0.288. The van der Waals surface area contributed by atoms with E-state index < -0.39 is 0 Å². The highest BCUT2D eigenvalue weighted by atomic mass is 15.2. The fourth-order valence-corrected chi connectivity index (χ4v) is 2.19. The molecule has 1 aromatic heterocycles. The van der Waals surface area contributed by atoms with E-state index in [0.717, 1.165) is 13.1 Å². The Morgan fingerprint density at radius 1 is 1.26 bits per heavy atom. The zero-order valence-electron chi connectivity index (χ0n) is 11.9. The summed E-state index contributed by atoms with van der Waals surface area (Å²) in [5.41, 5.74) is 2.55. The number of aromatic nitrogens is 2. The van der Waals surface area contributed by atoms with Crippen molar-refractivity contribution in [2.24, 2.45) is 7.05 Å². The van der Waals surface area contributed by atoms with Gasteiger partial charge in [0.15, 0.2) is 0 Å². The Morgan fingerprint density at radius 2 is 2.00 bits per heavy atom. The Bertz CT molecular complexity index is 490. The van der Waals surface area contributed by atoms with Crippen molar-refractivity contribution in [1.29, 1.82) is 0 Å². The summed E-state index contributed by atoms with van der Waals surface area (Å²) >= 11 is 0. The van der Waals surface area contributed by atoms with Crippen LogP contribution in [-0.4, -0.2) is 35.3 Å². The summed E-state index contributed by atoms with van der Waals surface area (Å²) in [5, 5.41) is 7.67. The van der Waals surface area contributed by atoms with Crippen LogP contribution < -0.4 is 5.32 Å². The molecule has 0 aliphatic carbocycles. The second-order valence-corrected chi connectivity index (χ2v) is 5.04. The largest absolute Gasteiger partial charge is 0.311 e. The first-order valence-electron chi connectivity index (χ1n) is 6.56. The lowest BCUT2D eigenvalue weighted by atomic mass is 10.1. The van der Waals surface area contributed by atoms with E-state index in [2.05, 4.69) is 59.7 Å². The molecule has 0 aliphatic heterocycles. The van der Waals surface area contributed by atoms with Crippen molar-refractivity contribution in [3.63, 3.8) is 0 Å². The van der Waals surface area contributed by atoms with Crippen LogP contribution in [0.4, 0.5) is 0 Å². The van der Waals surface area contributed by atoms with Crippen LogP contribution in [0.3, 0.4) is 0 Å². The van der Waals surface area contributed by atoms with Crippen molar-refractivity contribution in [2.75, 3.05) is 20.6 Å². The number of hydrogen-bond donors (Lipinski definition) is 1. The highest BCUT2D eigenvalue weighted by Gasteiger charge is 2.12. The topological polar surface area (TPSA) is 33.1 Å². The van der Waals surface area contributed by atoms with Gasteiger partial charge in [0.05, 0.1) is 6.20 Å². The smallest absolute Gasteiger partial charge is 0.0534 e. The van der Waals surface area contributed by atoms with Crippen molar-refractivity contribution in [2.45, 2.75) is 12.6 Å². The van der Waals surface area contributed by atoms with Crippen molar-refractivity contribution >= 4 is 0 Å². The molecule has 19 heavy (non-hydrogen) atoms. The normalized spacial score (nSPS) is 12.8. The molecular weight excluding hydrogens is 236 g/mol. The summed E-state index contributed by atoms with van der Waals surface area (Å²) < 4.78 is 1.83. The average molecular weight is 258 g/mol. The van der Waals surface area contributed by atoms with Crippen LogP contribution in [-0.2, 0) is 13.6 Å². The fourth-order valence-electron chi connectivity index (χ4n) is 2.19. The Kier molecular flexibility index (Phi) is 4.71. The van der Waals surface area contributed by atoms with Crippen molar-refractivity contribution < 1.29 is 0 Å². The van der Waals surface area contributed by atoms with E-state index in [4.69, 9.17) is 0 Å². The monoisotopic (exact) mass is 258 g/mol. The van der Waals surface area contributed by atoms with Gasteiger partial charge in [0, 0.05) is 37.9 Å². The van der Waals surface area contributed by atoms with Gasteiger partial charge in [-0.15, -0.1) is 0 Å². The quantitative estimate of drug-likeness (QED) is 0.858. The minimum absolute atomic E-state index is 0.387. The zero-order valence-corrected chi connectivity index (χ0v) is 11.9. The number of rotatable bonds is 6. The Hall–Kier alpha value is -1.65. The van der Waals surface area contributed by atoms with Gasteiger partial charge in [-0.05, 0) is 19.7 Å². The first-order chi connectivity index (χ1) is 9.16. The van der Waals surface area contributed by atoms with Crippen LogP contribution in [0.15, 0.2) is 42.7 Å². The summed E-state index contributed by atoms with van der Waals surface area (Å²) in [5.74, 6) is 0. The SMILES string of the molecule is CN(C)C(CNCc1cnn(C)c1)c1ccccc1. The summed E-state index contributed by atoms with van der Waals surface area (Å²) in [6.07, 6.45) is 3.94. The highest BCUT2D eigenvalue weighted by Crippen LogP contribution is 2.16. The van der Waals surface area contributed by atoms with Gasteiger partial charge in [-0.3, -0.25) is 4.68 Å². The second-order valence-electron chi connectivity index (χ2n) is 5.04. The van der Waals surface area contributed by atoms with Crippen LogP contribution in [0.25, 0.3) is 0 Å². The van der Waals surface area contributed by atoms with Gasteiger partial charge in [0.1, 0.15) is 0 Å². The van der Waals surface area contributed by atoms with Gasteiger partial charge >= 0.3 is 0 Å². The van der Waals surface area contributed by atoms with E-state index in [1.165, 1.54) is 11.1 Å². The van der Waals surface area contributed by atoms with Gasteiger partial charge in [0.25, 0.3) is 0 Å². The molecule has 1 aromatic carbocycles. The zero-order chi connectivity index (χ0) is 13.7. The molecule has 102 valence electrons. The molecule has 0 aliphatic rings. The van der Waals surface area contributed by atoms with E-state index in [1.807, 2.05) is 24.1 Å². The molecule has 2 aromatic rings. The minimum atomic E-state index is 0.387. The molecule has 1 N–H and O–H groups in total. The van der Waals surface area contributed by atoms with Gasteiger partial charge in [0.2, 0.25) is 0 Å². The maximum atomic E-state index is 4.17. The summed E-state index contributed by atoms with van der Waals surface area (Å²) in [6, 6.07) is 11.0. The second kappa shape index (κ2) is 6.50. The summed E-state index contributed by atoms with van der Waals surface area (Å²) in [7, 11) is 6.17. The summed E-state index contributed by atoms with van der Waals surface area (Å²) in [6.45, 7) is 1.77. The maximum absolute atomic E-state index is 4.17. The van der Waals surface area contributed by atoms with E-state index in [9.17, 15) is 0 Å². The first kappa shape index (κ1) is 13.8. The van der Waals surface area contributed by atoms with Crippen molar-refractivity contribution in [1.82, 2.24) is 20.0 Å². The number of hydrogen-bond acceptors (Lipinski definition) is 3. The van der Waals surface area contributed by atoms with Crippen LogP contribution >= 0.6 is 0 Å².